The maximum Gasteiger partial charge on any atom is 0.303 e. The highest BCUT2D eigenvalue weighted by Gasteiger charge is 2.37. The van der Waals surface area contributed by atoms with Gasteiger partial charge in [0.15, 0.2) is 5.15 Å². The fourth-order valence-corrected chi connectivity index (χ4v) is 5.76. The number of nitrogens with zero attached hydrogens (tertiary/aromatic N) is 4. The Balaban J connectivity index is 1.74. The molecule has 3 heterocycles. The van der Waals surface area contributed by atoms with Gasteiger partial charge < -0.3 is 9.84 Å². The zero-order chi connectivity index (χ0) is 25.2. The van der Waals surface area contributed by atoms with Gasteiger partial charge in [0.1, 0.15) is 16.7 Å². The Morgan fingerprint density at radius 1 is 1.29 bits per heavy atom. The zero-order valence-corrected chi connectivity index (χ0v) is 21.0. The van der Waals surface area contributed by atoms with Crippen LogP contribution in [0, 0.1) is 0 Å². The summed E-state index contributed by atoms with van der Waals surface area (Å²) in [5.41, 5.74) is 1.57. The van der Waals surface area contributed by atoms with E-state index in [0.29, 0.717) is 34.3 Å². The van der Waals surface area contributed by atoms with E-state index in [-0.39, 0.29) is 29.4 Å². The summed E-state index contributed by atoms with van der Waals surface area (Å²) in [4.78, 5) is 15.2. The molecule has 12 heteroatoms. The van der Waals surface area contributed by atoms with Crippen molar-refractivity contribution < 1.29 is 23.1 Å². The number of ether oxygens (including phenoxy) is 1. The zero-order valence-electron chi connectivity index (χ0n) is 18.6. The maximum atomic E-state index is 13.7. The minimum atomic E-state index is -4.12. The predicted octanol–water partition coefficient (Wildman–Crippen LogP) is 4.60. The van der Waals surface area contributed by atoms with Gasteiger partial charge in [0.25, 0.3) is 10.0 Å². The molecule has 0 amide bonds. The van der Waals surface area contributed by atoms with Gasteiger partial charge in [0.05, 0.1) is 22.9 Å². The van der Waals surface area contributed by atoms with Crippen LogP contribution in [0.2, 0.25) is 10.2 Å². The van der Waals surface area contributed by atoms with E-state index in [4.69, 9.17) is 33.0 Å². The summed E-state index contributed by atoms with van der Waals surface area (Å²) in [6.07, 6.45) is 5.82. The number of carboxylic acids is 1. The summed E-state index contributed by atoms with van der Waals surface area (Å²) < 4.78 is 36.0. The number of benzene rings is 1. The number of aliphatic carboxylic acids is 1. The van der Waals surface area contributed by atoms with Crippen LogP contribution in [0.15, 0.2) is 47.6 Å². The monoisotopic (exact) mass is 536 g/mol. The van der Waals surface area contributed by atoms with Crippen molar-refractivity contribution in [3.8, 4) is 5.75 Å². The fraction of sp³-hybridized carbons (Fsp3) is 0.261. The van der Waals surface area contributed by atoms with Crippen molar-refractivity contribution in [2.75, 3.05) is 10.8 Å². The summed E-state index contributed by atoms with van der Waals surface area (Å²) in [5.74, 6) is -0.669. The summed E-state index contributed by atoms with van der Waals surface area (Å²) in [6, 6.07) is 8.54. The topological polar surface area (TPSA) is 115 Å². The molecule has 184 valence electrons. The highest BCUT2D eigenvalue weighted by Crippen LogP contribution is 2.40. The molecule has 0 fully saturated rings. The van der Waals surface area contributed by atoms with Crippen molar-refractivity contribution in [1.29, 1.82) is 0 Å². The van der Waals surface area contributed by atoms with Crippen molar-refractivity contribution in [2.45, 2.75) is 37.3 Å². The van der Waals surface area contributed by atoms with Crippen molar-refractivity contribution >= 4 is 57.0 Å². The molecule has 35 heavy (non-hydrogen) atoms. The number of aryl methyl sites for hydroxylation is 1. The van der Waals surface area contributed by atoms with Crippen LogP contribution < -0.4 is 9.04 Å². The minimum Gasteiger partial charge on any atom is -0.486 e. The van der Waals surface area contributed by atoms with E-state index in [1.54, 1.807) is 48.7 Å². The standard InChI is InChI=1S/C23H22Cl2N4O5S/c1-2-28-14-21(23(25)27-28)35(32,33)29-13-16(7-10-22(30)31)34-20-9-6-15(12-19(20)29)5-8-18-17(24)4-3-11-26-18/h3-6,8-9,11-12,14,16H,2,7,10,13H2,1H3,(H,30,31)/b8-5+/t16-/m0/s1. The van der Waals surface area contributed by atoms with Gasteiger partial charge in [-0.2, -0.15) is 5.10 Å². The molecule has 1 N–H and O–H groups in total. The van der Waals surface area contributed by atoms with Gasteiger partial charge in [-0.25, -0.2) is 8.42 Å². The van der Waals surface area contributed by atoms with Crippen molar-refractivity contribution in [1.82, 2.24) is 14.8 Å². The van der Waals surface area contributed by atoms with E-state index >= 15 is 0 Å². The molecule has 0 saturated heterocycles. The molecule has 1 aromatic carbocycles. The lowest BCUT2D eigenvalue weighted by Crippen LogP contribution is -2.43. The number of anilines is 1. The van der Waals surface area contributed by atoms with E-state index in [1.165, 1.54) is 15.2 Å². The number of aromatic nitrogens is 3. The van der Waals surface area contributed by atoms with Gasteiger partial charge in [-0.1, -0.05) is 35.3 Å². The number of carbonyl (C=O) groups is 1. The molecule has 1 atom stereocenters. The molecule has 0 radical (unpaired) electrons. The number of pyridine rings is 1. The largest absolute Gasteiger partial charge is 0.486 e. The lowest BCUT2D eigenvalue weighted by molar-refractivity contribution is -0.137. The van der Waals surface area contributed by atoms with E-state index in [9.17, 15) is 13.2 Å². The Bertz CT molecular complexity index is 1390. The third-order valence-corrected chi connectivity index (χ3v) is 7.88. The highest BCUT2D eigenvalue weighted by atomic mass is 35.5. The molecule has 0 saturated carbocycles. The van der Waals surface area contributed by atoms with Crippen molar-refractivity contribution in [3.63, 3.8) is 0 Å². The molecule has 9 nitrogen and oxygen atoms in total. The Labute approximate surface area is 212 Å². The lowest BCUT2D eigenvalue weighted by Gasteiger charge is -2.35. The van der Waals surface area contributed by atoms with Crippen LogP contribution in [-0.2, 0) is 21.4 Å². The van der Waals surface area contributed by atoms with Gasteiger partial charge in [-0.15, -0.1) is 0 Å². The van der Waals surface area contributed by atoms with E-state index in [2.05, 4.69) is 10.1 Å². The smallest absolute Gasteiger partial charge is 0.303 e. The first-order valence-corrected chi connectivity index (χ1v) is 13.0. The molecule has 4 rings (SSSR count). The molecule has 3 aromatic rings. The highest BCUT2D eigenvalue weighted by molar-refractivity contribution is 7.93. The predicted molar refractivity (Wildman–Crippen MR) is 133 cm³/mol. The van der Waals surface area contributed by atoms with Crippen LogP contribution >= 0.6 is 23.2 Å². The van der Waals surface area contributed by atoms with Crippen LogP contribution in [-0.4, -0.2) is 46.9 Å². The summed E-state index contributed by atoms with van der Waals surface area (Å²) in [5, 5.41) is 13.5. The van der Waals surface area contributed by atoms with Gasteiger partial charge >= 0.3 is 5.97 Å². The van der Waals surface area contributed by atoms with Crippen molar-refractivity contribution in [2.24, 2.45) is 0 Å². The van der Waals surface area contributed by atoms with Crippen LogP contribution in [0.1, 0.15) is 31.0 Å². The molecule has 1 aliphatic rings. The molecular formula is C23H22Cl2N4O5S. The summed E-state index contributed by atoms with van der Waals surface area (Å²) >= 11 is 12.3. The normalized spacial score (nSPS) is 15.7. The van der Waals surface area contributed by atoms with Crippen LogP contribution in [0.5, 0.6) is 5.75 Å². The minimum absolute atomic E-state index is 0.0739. The van der Waals surface area contributed by atoms with Gasteiger partial charge in [-0.3, -0.25) is 18.8 Å². The molecule has 2 aromatic heterocycles. The Morgan fingerprint density at radius 2 is 2.09 bits per heavy atom. The summed E-state index contributed by atoms with van der Waals surface area (Å²) in [7, 11) is -4.12. The SMILES string of the molecule is CCn1cc(S(=O)(=O)N2C[C@H](CCC(=O)O)Oc3ccc(/C=C/c4ncccc4Cl)cc32)c(Cl)n1. The molecule has 0 bridgehead atoms. The number of halogens is 2. The molecule has 0 unspecified atom stereocenters. The lowest BCUT2D eigenvalue weighted by atomic mass is 10.1. The van der Waals surface area contributed by atoms with E-state index in [1.807, 2.05) is 6.92 Å². The second-order valence-corrected chi connectivity index (χ2v) is 10.4. The van der Waals surface area contributed by atoms with Gasteiger partial charge in [0, 0.05) is 25.4 Å². The second kappa shape index (κ2) is 10.3. The molecule has 0 aliphatic carbocycles. The number of fused-ring (bicyclic) bond motifs is 1. The fourth-order valence-electron chi connectivity index (χ4n) is 3.62. The number of sulfonamides is 1. The molecule has 1 aliphatic heterocycles. The average molecular weight is 537 g/mol. The first-order valence-electron chi connectivity index (χ1n) is 10.8. The van der Waals surface area contributed by atoms with Gasteiger partial charge in [0.2, 0.25) is 0 Å². The third-order valence-electron chi connectivity index (χ3n) is 5.39. The third kappa shape index (κ3) is 5.44. The average Bonchev–Trinajstić information content (AvgIpc) is 3.23. The Kier molecular flexibility index (Phi) is 7.34. The Morgan fingerprint density at radius 3 is 2.77 bits per heavy atom. The van der Waals surface area contributed by atoms with Crippen LogP contribution in [0.3, 0.4) is 0 Å². The first kappa shape index (κ1) is 25.0. The van der Waals surface area contributed by atoms with Crippen molar-refractivity contribution in [3.05, 3.63) is 64.2 Å². The number of rotatable bonds is 8. The number of hydrogen-bond acceptors (Lipinski definition) is 6. The molecule has 0 spiro atoms. The number of hydrogen-bond donors (Lipinski definition) is 1. The maximum absolute atomic E-state index is 13.7. The van der Waals surface area contributed by atoms with E-state index < -0.39 is 22.1 Å². The van der Waals surface area contributed by atoms with Crippen LogP contribution in [0.4, 0.5) is 5.69 Å². The number of carboxylic acid groups (broad SMARTS) is 1. The van der Waals surface area contributed by atoms with Gasteiger partial charge in [-0.05, 0) is 49.2 Å². The van der Waals surface area contributed by atoms with E-state index in [0.717, 1.165) is 0 Å². The first-order chi connectivity index (χ1) is 16.7. The second-order valence-electron chi connectivity index (χ2n) is 7.78. The summed E-state index contributed by atoms with van der Waals surface area (Å²) in [6.45, 7) is 2.19. The van der Waals surface area contributed by atoms with Crippen LogP contribution in [0.25, 0.3) is 12.2 Å². The molecular weight excluding hydrogens is 515 g/mol. The Hall–Kier alpha value is -3.08. The quantitative estimate of drug-likeness (QED) is 0.447.